The summed E-state index contributed by atoms with van der Waals surface area (Å²) in [5.41, 5.74) is 1.43. The molecule has 0 fully saturated rings. The van der Waals surface area contributed by atoms with Crippen LogP contribution in [0.25, 0.3) is 10.4 Å². The van der Waals surface area contributed by atoms with Crippen molar-refractivity contribution in [2.24, 2.45) is 5.41 Å². The Kier molecular flexibility index (Phi) is 6.89. The van der Waals surface area contributed by atoms with Crippen molar-refractivity contribution in [2.45, 2.75) is 33.4 Å². The SMILES string of the molecule is COC(=O)c1cc(-c2ccccc2)sc1NC(=S)NC(Cn1cccn1)C(C)(C)C. The number of nitrogens with zero attached hydrogens (tertiary/aromatic N) is 2. The molecule has 8 heteroatoms. The van der Waals surface area contributed by atoms with Gasteiger partial charge in [0.1, 0.15) is 5.00 Å². The van der Waals surface area contributed by atoms with E-state index < -0.39 is 5.97 Å². The predicted octanol–water partition coefficient (Wildman–Crippen LogP) is 4.80. The number of hydrogen-bond donors (Lipinski definition) is 2. The van der Waals surface area contributed by atoms with Gasteiger partial charge in [-0.15, -0.1) is 11.3 Å². The summed E-state index contributed by atoms with van der Waals surface area (Å²) in [6.45, 7) is 7.11. The number of carbonyl (C=O) groups is 1. The van der Waals surface area contributed by atoms with E-state index in [1.807, 2.05) is 53.3 Å². The molecule has 0 spiro atoms. The molecule has 0 radical (unpaired) electrons. The number of carbonyl (C=O) groups excluding carboxylic acids is 1. The van der Waals surface area contributed by atoms with Crippen molar-refractivity contribution in [1.82, 2.24) is 15.1 Å². The van der Waals surface area contributed by atoms with Crippen LogP contribution in [0.3, 0.4) is 0 Å². The number of thiophene rings is 1. The Hall–Kier alpha value is -2.71. The molecule has 2 aromatic heterocycles. The van der Waals surface area contributed by atoms with Gasteiger partial charge in [-0.25, -0.2) is 4.79 Å². The molecule has 158 valence electrons. The molecule has 0 amide bonds. The molecular weight excluding hydrogens is 416 g/mol. The number of ether oxygens (including phenoxy) is 1. The summed E-state index contributed by atoms with van der Waals surface area (Å²) in [4.78, 5) is 13.3. The maximum absolute atomic E-state index is 12.3. The lowest BCUT2D eigenvalue weighted by atomic mass is 9.87. The van der Waals surface area contributed by atoms with Gasteiger partial charge in [-0.1, -0.05) is 51.1 Å². The molecule has 0 saturated heterocycles. The van der Waals surface area contributed by atoms with Crippen LogP contribution in [0.5, 0.6) is 0 Å². The van der Waals surface area contributed by atoms with Crippen LogP contribution >= 0.6 is 23.6 Å². The fourth-order valence-corrected chi connectivity index (χ4v) is 4.28. The third-order valence-corrected chi connectivity index (χ3v) is 6.02. The first kappa shape index (κ1) is 22.0. The second kappa shape index (κ2) is 9.40. The van der Waals surface area contributed by atoms with Crippen LogP contribution in [0, 0.1) is 5.41 Å². The lowest BCUT2D eigenvalue weighted by Gasteiger charge is -2.32. The molecule has 0 bridgehead atoms. The topological polar surface area (TPSA) is 68.2 Å². The summed E-state index contributed by atoms with van der Waals surface area (Å²) >= 11 is 7.06. The second-order valence-corrected chi connectivity index (χ2v) is 9.42. The maximum atomic E-state index is 12.3. The van der Waals surface area contributed by atoms with Gasteiger partial charge in [0.15, 0.2) is 5.11 Å². The first-order chi connectivity index (χ1) is 14.3. The largest absolute Gasteiger partial charge is 0.465 e. The Morgan fingerprint density at radius 3 is 2.60 bits per heavy atom. The number of benzene rings is 1. The number of anilines is 1. The Bertz CT molecular complexity index is 992. The van der Waals surface area contributed by atoms with Gasteiger partial charge in [-0.05, 0) is 35.3 Å². The van der Waals surface area contributed by atoms with Crippen LogP contribution in [0.1, 0.15) is 31.1 Å². The quantitative estimate of drug-likeness (QED) is 0.422. The van der Waals surface area contributed by atoms with Gasteiger partial charge in [0.05, 0.1) is 25.3 Å². The molecule has 0 saturated carbocycles. The summed E-state index contributed by atoms with van der Waals surface area (Å²) in [6.07, 6.45) is 3.69. The van der Waals surface area contributed by atoms with Crippen molar-refractivity contribution in [3.05, 3.63) is 60.4 Å². The average Bonchev–Trinajstić information content (AvgIpc) is 3.37. The summed E-state index contributed by atoms with van der Waals surface area (Å²) in [5.74, 6) is -0.400. The molecule has 2 heterocycles. The minimum atomic E-state index is -0.400. The molecule has 30 heavy (non-hydrogen) atoms. The molecule has 6 nitrogen and oxygen atoms in total. The third kappa shape index (κ3) is 5.46. The number of thiocarbonyl (C=S) groups is 1. The van der Waals surface area contributed by atoms with E-state index in [1.165, 1.54) is 18.4 Å². The fourth-order valence-electron chi connectivity index (χ4n) is 2.92. The number of methoxy groups -OCH3 is 1. The number of rotatable bonds is 6. The zero-order valence-corrected chi connectivity index (χ0v) is 19.1. The van der Waals surface area contributed by atoms with Gasteiger partial charge in [0.2, 0.25) is 0 Å². The van der Waals surface area contributed by atoms with Gasteiger partial charge < -0.3 is 15.4 Å². The van der Waals surface area contributed by atoms with E-state index in [4.69, 9.17) is 17.0 Å². The highest BCUT2D eigenvalue weighted by Gasteiger charge is 2.27. The van der Waals surface area contributed by atoms with Gasteiger partial charge in [0.25, 0.3) is 0 Å². The molecule has 0 aliphatic rings. The molecule has 1 atom stereocenters. The third-order valence-electron chi connectivity index (χ3n) is 4.70. The standard InChI is InChI=1S/C22H26N4O2S2/c1-22(2,3)18(14-26-12-8-11-23-26)24-21(29)25-19-16(20(27)28-4)13-17(30-19)15-9-6-5-7-10-15/h5-13,18H,14H2,1-4H3,(H2,24,25,29). The van der Waals surface area contributed by atoms with E-state index in [1.54, 1.807) is 6.20 Å². The summed E-state index contributed by atoms with van der Waals surface area (Å²) < 4.78 is 6.84. The van der Waals surface area contributed by atoms with Crippen LogP contribution in [0.4, 0.5) is 5.00 Å². The van der Waals surface area contributed by atoms with Crippen molar-refractivity contribution in [2.75, 3.05) is 12.4 Å². The molecule has 0 aliphatic carbocycles. The van der Waals surface area contributed by atoms with E-state index >= 15 is 0 Å². The van der Waals surface area contributed by atoms with E-state index in [9.17, 15) is 4.79 Å². The van der Waals surface area contributed by atoms with Gasteiger partial charge in [-0.3, -0.25) is 4.68 Å². The fraction of sp³-hybridized carbons (Fsp3) is 0.318. The number of aromatic nitrogens is 2. The smallest absolute Gasteiger partial charge is 0.340 e. The van der Waals surface area contributed by atoms with Crippen LogP contribution in [-0.4, -0.2) is 34.0 Å². The molecule has 3 aromatic rings. The van der Waals surface area contributed by atoms with Crippen molar-refractivity contribution in [3.63, 3.8) is 0 Å². The van der Waals surface area contributed by atoms with Gasteiger partial charge >= 0.3 is 5.97 Å². The highest BCUT2D eigenvalue weighted by Crippen LogP contribution is 2.36. The first-order valence-electron chi connectivity index (χ1n) is 9.60. The summed E-state index contributed by atoms with van der Waals surface area (Å²) in [6, 6.07) is 13.7. The van der Waals surface area contributed by atoms with E-state index in [0.717, 1.165) is 10.4 Å². The van der Waals surface area contributed by atoms with Crippen LogP contribution in [-0.2, 0) is 11.3 Å². The summed E-state index contributed by atoms with van der Waals surface area (Å²) in [5, 5.41) is 12.0. The minimum absolute atomic E-state index is 0.0348. The number of hydrogen-bond acceptors (Lipinski definition) is 5. The van der Waals surface area contributed by atoms with Crippen molar-refractivity contribution < 1.29 is 9.53 Å². The predicted molar refractivity (Wildman–Crippen MR) is 126 cm³/mol. The van der Waals surface area contributed by atoms with Crippen LogP contribution < -0.4 is 10.6 Å². The maximum Gasteiger partial charge on any atom is 0.340 e. The normalized spacial score (nSPS) is 12.3. The Morgan fingerprint density at radius 1 is 1.27 bits per heavy atom. The highest BCUT2D eigenvalue weighted by atomic mass is 32.1. The molecule has 2 N–H and O–H groups in total. The molecule has 3 rings (SSSR count). The molecule has 1 aromatic carbocycles. The molecular formula is C22H26N4O2S2. The minimum Gasteiger partial charge on any atom is -0.465 e. The van der Waals surface area contributed by atoms with Crippen LogP contribution in [0.15, 0.2) is 54.9 Å². The van der Waals surface area contributed by atoms with Gasteiger partial charge in [-0.2, -0.15) is 5.10 Å². The zero-order valence-electron chi connectivity index (χ0n) is 17.5. The number of nitrogens with one attached hydrogen (secondary N) is 2. The molecule has 1 unspecified atom stereocenters. The first-order valence-corrected chi connectivity index (χ1v) is 10.8. The summed E-state index contributed by atoms with van der Waals surface area (Å²) in [7, 11) is 1.38. The van der Waals surface area contributed by atoms with Crippen molar-refractivity contribution >= 4 is 39.6 Å². The molecule has 0 aliphatic heterocycles. The van der Waals surface area contributed by atoms with Crippen molar-refractivity contribution in [3.8, 4) is 10.4 Å². The Morgan fingerprint density at radius 2 is 2.00 bits per heavy atom. The lowest BCUT2D eigenvalue weighted by molar-refractivity contribution is 0.0602. The second-order valence-electron chi connectivity index (χ2n) is 7.96. The monoisotopic (exact) mass is 442 g/mol. The Balaban J connectivity index is 1.80. The zero-order chi connectivity index (χ0) is 21.7. The van der Waals surface area contributed by atoms with E-state index in [0.29, 0.717) is 22.2 Å². The Labute approximate surface area is 186 Å². The average molecular weight is 443 g/mol. The van der Waals surface area contributed by atoms with E-state index in [2.05, 4.69) is 36.5 Å². The van der Waals surface area contributed by atoms with E-state index in [-0.39, 0.29) is 11.5 Å². The number of esters is 1. The lowest BCUT2D eigenvalue weighted by Crippen LogP contribution is -2.48. The van der Waals surface area contributed by atoms with Gasteiger partial charge in [0, 0.05) is 17.3 Å². The van der Waals surface area contributed by atoms with Crippen molar-refractivity contribution in [1.29, 1.82) is 0 Å². The van der Waals surface area contributed by atoms with Crippen LogP contribution in [0.2, 0.25) is 0 Å². The highest BCUT2D eigenvalue weighted by molar-refractivity contribution is 7.80.